The van der Waals surface area contributed by atoms with Crippen LogP contribution >= 0.6 is 15.9 Å². The number of para-hydroxylation sites is 2. The van der Waals surface area contributed by atoms with Crippen LogP contribution < -0.4 is 5.32 Å². The van der Waals surface area contributed by atoms with Crippen LogP contribution in [0.4, 0.5) is 0 Å². The van der Waals surface area contributed by atoms with E-state index in [0.29, 0.717) is 12.1 Å². The normalized spacial score (nSPS) is 11.6. The predicted molar refractivity (Wildman–Crippen MR) is 139 cm³/mol. The summed E-state index contributed by atoms with van der Waals surface area (Å²) in [5, 5.41) is 3.02. The van der Waals surface area contributed by atoms with E-state index >= 15 is 0 Å². The molecule has 4 aromatic rings. The molecule has 1 N–H and O–H groups in total. The van der Waals surface area contributed by atoms with Crippen molar-refractivity contribution >= 4 is 32.9 Å². The Kier molecular flexibility index (Phi) is 6.99. The highest BCUT2D eigenvalue weighted by atomic mass is 79.9. The highest BCUT2D eigenvalue weighted by molar-refractivity contribution is 9.10. The zero-order valence-corrected chi connectivity index (χ0v) is 21.0. The third kappa shape index (κ3) is 5.72. The highest BCUT2D eigenvalue weighted by Gasteiger charge is 2.14. The quantitative estimate of drug-likeness (QED) is 0.292. The van der Waals surface area contributed by atoms with Gasteiger partial charge >= 0.3 is 0 Å². The molecule has 0 aliphatic carbocycles. The van der Waals surface area contributed by atoms with Gasteiger partial charge in [-0.25, -0.2) is 4.98 Å². The van der Waals surface area contributed by atoms with E-state index in [1.165, 1.54) is 11.1 Å². The summed E-state index contributed by atoms with van der Waals surface area (Å²) in [6.07, 6.45) is 1.63. The molecule has 170 valence electrons. The molecule has 1 aromatic heterocycles. The van der Waals surface area contributed by atoms with E-state index in [9.17, 15) is 4.79 Å². The monoisotopic (exact) mass is 503 g/mol. The zero-order chi connectivity index (χ0) is 23.4. The number of hydrogen-bond donors (Lipinski definition) is 1. The maximum Gasteiger partial charge on any atom is 0.251 e. The molecule has 0 spiro atoms. The number of carbonyl (C=O) groups is 1. The highest BCUT2D eigenvalue weighted by Crippen LogP contribution is 2.24. The molecule has 0 radical (unpaired) electrons. The fourth-order valence-electron chi connectivity index (χ4n) is 3.94. The molecule has 4 rings (SSSR count). The van der Waals surface area contributed by atoms with Gasteiger partial charge in [0.1, 0.15) is 5.82 Å². The van der Waals surface area contributed by atoms with Gasteiger partial charge < -0.3 is 9.88 Å². The minimum atomic E-state index is -0.0464. The van der Waals surface area contributed by atoms with Crippen molar-refractivity contribution in [3.63, 3.8) is 0 Å². The van der Waals surface area contributed by atoms with E-state index in [1.54, 1.807) is 0 Å². The number of aryl methyl sites for hydroxylation is 1. The minimum absolute atomic E-state index is 0.0464. The van der Waals surface area contributed by atoms with Gasteiger partial charge in [0.25, 0.3) is 5.91 Å². The zero-order valence-electron chi connectivity index (χ0n) is 19.4. The molecule has 5 heteroatoms. The van der Waals surface area contributed by atoms with Crippen LogP contribution in [0, 0.1) is 0 Å². The van der Waals surface area contributed by atoms with E-state index in [4.69, 9.17) is 4.98 Å². The first-order valence-corrected chi connectivity index (χ1v) is 12.2. The van der Waals surface area contributed by atoms with E-state index in [-0.39, 0.29) is 11.3 Å². The Bertz CT molecular complexity index is 1240. The Morgan fingerprint density at radius 2 is 1.67 bits per heavy atom. The van der Waals surface area contributed by atoms with Crippen molar-refractivity contribution in [1.29, 1.82) is 0 Å². The number of nitrogens with one attached hydrogen (secondary N) is 1. The number of imidazole rings is 1. The second-order valence-electron chi connectivity index (χ2n) is 9.42. The fraction of sp³-hybridized carbons (Fsp3) is 0.286. The molecule has 4 nitrogen and oxygen atoms in total. The van der Waals surface area contributed by atoms with Crippen molar-refractivity contribution in [2.45, 2.75) is 45.6 Å². The van der Waals surface area contributed by atoms with Gasteiger partial charge in [-0.1, -0.05) is 73.1 Å². The summed E-state index contributed by atoms with van der Waals surface area (Å²) < 4.78 is 3.27. The lowest BCUT2D eigenvalue weighted by Crippen LogP contribution is -2.25. The summed E-state index contributed by atoms with van der Waals surface area (Å²) >= 11 is 3.40. The summed E-state index contributed by atoms with van der Waals surface area (Å²) in [5.41, 5.74) is 5.57. The van der Waals surface area contributed by atoms with Gasteiger partial charge in [0, 0.05) is 29.5 Å². The molecular weight excluding hydrogens is 474 g/mol. The summed E-state index contributed by atoms with van der Waals surface area (Å²) in [6.45, 7) is 8.10. The van der Waals surface area contributed by atoms with Gasteiger partial charge in [-0.3, -0.25) is 4.79 Å². The van der Waals surface area contributed by atoms with Gasteiger partial charge in [0.05, 0.1) is 11.0 Å². The van der Waals surface area contributed by atoms with Crippen molar-refractivity contribution in [3.05, 3.63) is 99.8 Å². The van der Waals surface area contributed by atoms with Gasteiger partial charge in [0.15, 0.2) is 0 Å². The number of rotatable bonds is 7. The maximum atomic E-state index is 12.4. The molecule has 0 fully saturated rings. The second-order valence-corrected chi connectivity index (χ2v) is 10.3. The SMILES string of the molecule is CC(C)(C)c1ccc(Cn2c(CCCNC(=O)c3ccc(Br)cc3)nc3ccccc32)cc1. The maximum absolute atomic E-state index is 12.4. The van der Waals surface area contributed by atoms with Crippen LogP contribution in [0.2, 0.25) is 0 Å². The number of benzene rings is 3. The van der Waals surface area contributed by atoms with E-state index < -0.39 is 0 Å². The Labute approximate surface area is 204 Å². The Morgan fingerprint density at radius 1 is 0.970 bits per heavy atom. The Hall–Kier alpha value is -2.92. The molecule has 1 amide bonds. The molecule has 0 aliphatic heterocycles. The average molecular weight is 504 g/mol. The van der Waals surface area contributed by atoms with Crippen LogP contribution in [0.25, 0.3) is 11.0 Å². The number of carbonyl (C=O) groups excluding carboxylic acids is 1. The first-order chi connectivity index (χ1) is 15.8. The van der Waals surface area contributed by atoms with Crippen LogP contribution in [0.1, 0.15) is 54.5 Å². The molecule has 0 aliphatic rings. The smallest absolute Gasteiger partial charge is 0.251 e. The Balaban J connectivity index is 1.45. The first-order valence-electron chi connectivity index (χ1n) is 11.4. The summed E-state index contributed by atoms with van der Waals surface area (Å²) in [7, 11) is 0. The van der Waals surface area contributed by atoms with Crippen molar-refractivity contribution in [1.82, 2.24) is 14.9 Å². The number of aromatic nitrogens is 2. The van der Waals surface area contributed by atoms with E-state index in [0.717, 1.165) is 40.7 Å². The van der Waals surface area contributed by atoms with Crippen LogP contribution in [0.5, 0.6) is 0 Å². The Morgan fingerprint density at radius 3 is 2.36 bits per heavy atom. The molecule has 0 saturated heterocycles. The van der Waals surface area contributed by atoms with Crippen molar-refractivity contribution < 1.29 is 4.79 Å². The predicted octanol–water partition coefficient (Wildman–Crippen LogP) is 6.51. The van der Waals surface area contributed by atoms with Crippen molar-refractivity contribution in [3.8, 4) is 0 Å². The molecule has 0 saturated carbocycles. The van der Waals surface area contributed by atoms with Crippen molar-refractivity contribution in [2.24, 2.45) is 0 Å². The average Bonchev–Trinajstić information content (AvgIpc) is 3.14. The lowest BCUT2D eigenvalue weighted by molar-refractivity contribution is 0.0953. The topological polar surface area (TPSA) is 46.9 Å². The molecule has 1 heterocycles. The van der Waals surface area contributed by atoms with Gasteiger partial charge in [-0.15, -0.1) is 0 Å². The molecule has 0 atom stereocenters. The number of nitrogens with zero attached hydrogens (tertiary/aromatic N) is 2. The second kappa shape index (κ2) is 9.92. The number of amides is 1. The largest absolute Gasteiger partial charge is 0.352 e. The molecule has 33 heavy (non-hydrogen) atoms. The lowest BCUT2D eigenvalue weighted by atomic mass is 9.87. The minimum Gasteiger partial charge on any atom is -0.352 e. The summed E-state index contributed by atoms with van der Waals surface area (Å²) in [4.78, 5) is 17.3. The number of halogens is 1. The molecule has 0 unspecified atom stereocenters. The lowest BCUT2D eigenvalue weighted by Gasteiger charge is -2.19. The van der Waals surface area contributed by atoms with E-state index in [2.05, 4.69) is 89.0 Å². The number of hydrogen-bond acceptors (Lipinski definition) is 2. The fourth-order valence-corrected chi connectivity index (χ4v) is 4.20. The third-order valence-corrected chi connectivity index (χ3v) is 6.39. The molecule has 3 aromatic carbocycles. The van der Waals surface area contributed by atoms with Crippen LogP contribution in [-0.2, 0) is 18.4 Å². The summed E-state index contributed by atoms with van der Waals surface area (Å²) in [6, 6.07) is 24.6. The summed E-state index contributed by atoms with van der Waals surface area (Å²) in [5.74, 6) is 1.00. The van der Waals surface area contributed by atoms with Crippen LogP contribution in [-0.4, -0.2) is 22.0 Å². The van der Waals surface area contributed by atoms with Crippen LogP contribution in [0.3, 0.4) is 0 Å². The van der Waals surface area contributed by atoms with Crippen molar-refractivity contribution in [2.75, 3.05) is 6.54 Å². The van der Waals surface area contributed by atoms with Gasteiger partial charge in [-0.05, 0) is 59.4 Å². The van der Waals surface area contributed by atoms with Gasteiger partial charge in [-0.2, -0.15) is 0 Å². The van der Waals surface area contributed by atoms with Crippen LogP contribution in [0.15, 0.2) is 77.3 Å². The number of fused-ring (bicyclic) bond motifs is 1. The third-order valence-electron chi connectivity index (χ3n) is 5.86. The first kappa shape index (κ1) is 23.2. The van der Waals surface area contributed by atoms with E-state index in [1.807, 2.05) is 30.3 Å². The van der Waals surface area contributed by atoms with Gasteiger partial charge in [0.2, 0.25) is 0 Å². The standard InChI is InChI=1S/C28H30BrN3O/c1-28(2,3)22-14-10-20(11-15-22)19-32-25-8-5-4-7-24(25)31-26(32)9-6-18-30-27(33)21-12-16-23(29)17-13-21/h4-5,7-8,10-17H,6,9,18-19H2,1-3H3,(H,30,33). The molecule has 0 bridgehead atoms. The molecular formula is C28H30BrN3O.